The summed E-state index contributed by atoms with van der Waals surface area (Å²) >= 11 is 0. The summed E-state index contributed by atoms with van der Waals surface area (Å²) in [5, 5.41) is 16.1. The predicted octanol–water partition coefficient (Wildman–Crippen LogP) is 2.07. The van der Waals surface area contributed by atoms with Crippen LogP contribution in [0.2, 0.25) is 0 Å². The maximum absolute atomic E-state index is 13.2. The minimum absolute atomic E-state index is 0.152. The molecular weight excluding hydrogens is 301 g/mol. The predicted molar refractivity (Wildman–Crippen MR) is 79.5 cm³/mol. The first-order chi connectivity index (χ1) is 11.2. The van der Waals surface area contributed by atoms with E-state index >= 15 is 0 Å². The third kappa shape index (κ3) is 3.29. The number of nitrogens with one attached hydrogen (secondary N) is 1. The number of aromatic nitrogens is 2. The highest BCUT2D eigenvalue weighted by molar-refractivity contribution is 5.92. The highest BCUT2D eigenvalue weighted by Crippen LogP contribution is 2.14. The SMILES string of the molecule is O=C(NC(CO)c1ccco1)c1ccn(-c2cccc(F)c2)n1. The zero-order valence-electron chi connectivity index (χ0n) is 12.0. The molecule has 2 N–H and O–H groups in total. The van der Waals surface area contributed by atoms with Gasteiger partial charge < -0.3 is 14.8 Å². The van der Waals surface area contributed by atoms with Crippen molar-refractivity contribution in [2.24, 2.45) is 0 Å². The van der Waals surface area contributed by atoms with Crippen LogP contribution in [0.5, 0.6) is 0 Å². The summed E-state index contributed by atoms with van der Waals surface area (Å²) in [6, 6.07) is 10.1. The number of aliphatic hydroxyl groups is 1. The van der Waals surface area contributed by atoms with Crippen molar-refractivity contribution in [1.82, 2.24) is 15.1 Å². The molecule has 7 heteroatoms. The van der Waals surface area contributed by atoms with Crippen molar-refractivity contribution in [1.29, 1.82) is 0 Å². The van der Waals surface area contributed by atoms with E-state index in [9.17, 15) is 14.3 Å². The fourth-order valence-corrected chi connectivity index (χ4v) is 2.14. The fraction of sp³-hybridized carbons (Fsp3) is 0.125. The Bertz CT molecular complexity index is 799. The van der Waals surface area contributed by atoms with E-state index in [1.54, 1.807) is 30.5 Å². The first kappa shape index (κ1) is 15.0. The van der Waals surface area contributed by atoms with E-state index in [2.05, 4.69) is 10.4 Å². The molecule has 1 unspecified atom stereocenters. The number of furan rings is 1. The maximum atomic E-state index is 13.2. The van der Waals surface area contributed by atoms with E-state index in [1.165, 1.54) is 29.1 Å². The zero-order chi connectivity index (χ0) is 16.2. The molecule has 0 saturated carbocycles. The molecule has 0 saturated heterocycles. The van der Waals surface area contributed by atoms with Gasteiger partial charge in [-0.1, -0.05) is 6.07 Å². The molecule has 0 aliphatic rings. The molecule has 23 heavy (non-hydrogen) atoms. The van der Waals surface area contributed by atoms with Gasteiger partial charge >= 0.3 is 0 Å². The molecule has 1 atom stereocenters. The smallest absolute Gasteiger partial charge is 0.272 e. The Morgan fingerprint density at radius 3 is 2.91 bits per heavy atom. The van der Waals surface area contributed by atoms with Gasteiger partial charge in [0.1, 0.15) is 17.6 Å². The Hall–Kier alpha value is -2.93. The number of halogens is 1. The lowest BCUT2D eigenvalue weighted by atomic mass is 10.2. The number of hydrogen-bond donors (Lipinski definition) is 2. The third-order valence-electron chi connectivity index (χ3n) is 3.27. The first-order valence-corrected chi connectivity index (χ1v) is 6.94. The number of amides is 1. The molecule has 2 heterocycles. The third-order valence-corrected chi connectivity index (χ3v) is 3.27. The largest absolute Gasteiger partial charge is 0.467 e. The van der Waals surface area contributed by atoms with Gasteiger partial charge in [0.05, 0.1) is 18.6 Å². The van der Waals surface area contributed by atoms with Gasteiger partial charge in [-0.15, -0.1) is 0 Å². The van der Waals surface area contributed by atoms with Crippen molar-refractivity contribution in [3.8, 4) is 5.69 Å². The molecule has 0 aliphatic carbocycles. The molecule has 0 bridgehead atoms. The van der Waals surface area contributed by atoms with Crippen LogP contribution in [0.4, 0.5) is 4.39 Å². The van der Waals surface area contributed by atoms with Crippen LogP contribution < -0.4 is 5.32 Å². The van der Waals surface area contributed by atoms with Crippen LogP contribution in [0.25, 0.3) is 5.69 Å². The molecule has 0 radical (unpaired) electrons. The molecule has 3 rings (SSSR count). The molecule has 0 fully saturated rings. The Kier molecular flexibility index (Phi) is 4.20. The van der Waals surface area contributed by atoms with Crippen LogP contribution in [-0.4, -0.2) is 27.4 Å². The van der Waals surface area contributed by atoms with E-state index in [0.717, 1.165) is 0 Å². The second-order valence-electron chi connectivity index (χ2n) is 4.85. The second kappa shape index (κ2) is 6.45. The van der Waals surface area contributed by atoms with Gasteiger partial charge in [-0.2, -0.15) is 5.10 Å². The lowest BCUT2D eigenvalue weighted by Gasteiger charge is -2.12. The number of carbonyl (C=O) groups excluding carboxylic acids is 1. The van der Waals surface area contributed by atoms with Crippen molar-refractivity contribution >= 4 is 5.91 Å². The number of rotatable bonds is 5. The van der Waals surface area contributed by atoms with E-state index in [0.29, 0.717) is 11.4 Å². The number of carbonyl (C=O) groups is 1. The van der Waals surface area contributed by atoms with Crippen LogP contribution in [0, 0.1) is 5.82 Å². The van der Waals surface area contributed by atoms with Crippen LogP contribution in [0.1, 0.15) is 22.3 Å². The first-order valence-electron chi connectivity index (χ1n) is 6.94. The number of hydrogen-bond acceptors (Lipinski definition) is 4. The van der Waals surface area contributed by atoms with Crippen LogP contribution >= 0.6 is 0 Å². The van der Waals surface area contributed by atoms with Crippen molar-refractivity contribution in [3.05, 3.63) is 72.2 Å². The minimum atomic E-state index is -0.656. The lowest BCUT2D eigenvalue weighted by Crippen LogP contribution is -2.30. The summed E-state index contributed by atoms with van der Waals surface area (Å²) in [6.07, 6.45) is 3.02. The minimum Gasteiger partial charge on any atom is -0.467 e. The highest BCUT2D eigenvalue weighted by atomic mass is 19.1. The molecule has 1 aromatic carbocycles. The monoisotopic (exact) mass is 315 g/mol. The number of benzene rings is 1. The Morgan fingerprint density at radius 2 is 2.22 bits per heavy atom. The topological polar surface area (TPSA) is 80.3 Å². The summed E-state index contributed by atoms with van der Waals surface area (Å²) < 4.78 is 19.8. The van der Waals surface area contributed by atoms with Crippen LogP contribution in [0.15, 0.2) is 59.3 Å². The van der Waals surface area contributed by atoms with Gasteiger partial charge in [0.25, 0.3) is 5.91 Å². The normalized spacial score (nSPS) is 12.1. The van der Waals surface area contributed by atoms with Crippen molar-refractivity contribution in [3.63, 3.8) is 0 Å². The van der Waals surface area contributed by atoms with Gasteiger partial charge in [-0.3, -0.25) is 4.79 Å². The van der Waals surface area contributed by atoms with Crippen LogP contribution in [-0.2, 0) is 0 Å². The molecular formula is C16H14FN3O3. The van der Waals surface area contributed by atoms with Crippen molar-refractivity contribution in [2.75, 3.05) is 6.61 Å². The average molecular weight is 315 g/mol. The number of aliphatic hydroxyl groups excluding tert-OH is 1. The molecule has 6 nitrogen and oxygen atoms in total. The standard InChI is InChI=1S/C16H14FN3O3/c17-11-3-1-4-12(9-11)20-7-6-13(19-20)16(22)18-14(10-21)15-5-2-8-23-15/h1-9,14,21H,10H2,(H,18,22). The summed E-state index contributed by atoms with van der Waals surface area (Å²) in [5.41, 5.74) is 0.660. The zero-order valence-corrected chi connectivity index (χ0v) is 12.0. The molecule has 1 amide bonds. The average Bonchev–Trinajstić information content (AvgIpc) is 3.23. The second-order valence-corrected chi connectivity index (χ2v) is 4.85. The van der Waals surface area contributed by atoms with Gasteiger partial charge in [-0.25, -0.2) is 9.07 Å². The molecule has 118 valence electrons. The van der Waals surface area contributed by atoms with E-state index < -0.39 is 11.9 Å². The summed E-state index contributed by atoms with van der Waals surface area (Å²) in [4.78, 5) is 12.2. The summed E-state index contributed by atoms with van der Waals surface area (Å²) in [5.74, 6) is -0.400. The quantitative estimate of drug-likeness (QED) is 0.755. The van der Waals surface area contributed by atoms with Crippen molar-refractivity contribution < 1.29 is 18.7 Å². The number of nitrogens with zero attached hydrogens (tertiary/aromatic N) is 2. The van der Waals surface area contributed by atoms with Gasteiger partial charge in [0.15, 0.2) is 5.69 Å². The fourth-order valence-electron chi connectivity index (χ4n) is 2.14. The van der Waals surface area contributed by atoms with E-state index in [-0.39, 0.29) is 18.1 Å². The molecule has 2 aromatic heterocycles. The Morgan fingerprint density at radius 1 is 1.35 bits per heavy atom. The van der Waals surface area contributed by atoms with Crippen LogP contribution in [0.3, 0.4) is 0 Å². The summed E-state index contributed by atoms with van der Waals surface area (Å²) in [7, 11) is 0. The van der Waals surface area contributed by atoms with Gasteiger partial charge in [0.2, 0.25) is 0 Å². The van der Waals surface area contributed by atoms with E-state index in [1.807, 2.05) is 0 Å². The van der Waals surface area contributed by atoms with Crippen molar-refractivity contribution in [2.45, 2.75) is 6.04 Å². The highest BCUT2D eigenvalue weighted by Gasteiger charge is 2.19. The summed E-state index contributed by atoms with van der Waals surface area (Å²) in [6.45, 7) is -0.302. The van der Waals surface area contributed by atoms with Gasteiger partial charge in [0, 0.05) is 6.20 Å². The Labute approximate surface area is 131 Å². The van der Waals surface area contributed by atoms with E-state index in [4.69, 9.17) is 4.42 Å². The Balaban J connectivity index is 1.76. The maximum Gasteiger partial charge on any atom is 0.272 e. The molecule has 0 spiro atoms. The van der Waals surface area contributed by atoms with Gasteiger partial charge in [-0.05, 0) is 36.4 Å². The molecule has 0 aliphatic heterocycles. The lowest BCUT2D eigenvalue weighted by molar-refractivity contribution is 0.0902. The molecule has 3 aromatic rings.